The van der Waals surface area contributed by atoms with Crippen molar-refractivity contribution < 1.29 is 17.9 Å². The van der Waals surface area contributed by atoms with Crippen molar-refractivity contribution in [3.05, 3.63) is 70.2 Å². The summed E-state index contributed by atoms with van der Waals surface area (Å²) < 4.78 is 32.7. The zero-order valence-corrected chi connectivity index (χ0v) is 20.9. The first kappa shape index (κ1) is 25.1. The summed E-state index contributed by atoms with van der Waals surface area (Å²) in [5.41, 5.74) is 2.96. The highest BCUT2D eigenvalue weighted by Crippen LogP contribution is 2.22. The molecule has 0 spiro atoms. The van der Waals surface area contributed by atoms with Crippen molar-refractivity contribution in [1.82, 2.24) is 14.5 Å². The second-order valence-electron chi connectivity index (χ2n) is 9.00. The normalized spacial score (nSPS) is 20.2. The molecule has 1 atom stereocenters. The van der Waals surface area contributed by atoms with Gasteiger partial charge in [0.1, 0.15) is 0 Å². The number of amides is 1. The van der Waals surface area contributed by atoms with E-state index < -0.39 is 10.0 Å². The number of carbonyl (C=O) groups is 1. The Balaban J connectivity index is 1.27. The minimum Gasteiger partial charge on any atom is -0.379 e. The number of rotatable bonds is 8. The smallest absolute Gasteiger partial charge is 0.224 e. The van der Waals surface area contributed by atoms with Crippen LogP contribution in [0.4, 0.5) is 0 Å². The van der Waals surface area contributed by atoms with E-state index in [2.05, 4.69) is 22.3 Å². The van der Waals surface area contributed by atoms with Gasteiger partial charge in [0.25, 0.3) is 0 Å². The maximum Gasteiger partial charge on any atom is 0.224 e. The molecule has 4 rings (SSSR count). The highest BCUT2D eigenvalue weighted by molar-refractivity contribution is 7.88. The maximum atomic E-state index is 12.9. The summed E-state index contributed by atoms with van der Waals surface area (Å²) in [5, 5.41) is 3.57. The summed E-state index contributed by atoms with van der Waals surface area (Å²) >= 11 is 5.90. The Labute approximate surface area is 207 Å². The maximum absolute atomic E-state index is 12.9. The van der Waals surface area contributed by atoms with Gasteiger partial charge in [-0.05, 0) is 41.7 Å². The lowest BCUT2D eigenvalue weighted by Crippen LogP contribution is -2.45. The zero-order chi connectivity index (χ0) is 24.0. The molecule has 2 heterocycles. The van der Waals surface area contributed by atoms with Crippen molar-refractivity contribution in [2.75, 3.05) is 39.4 Å². The number of benzene rings is 2. The average Bonchev–Trinajstić information content (AvgIpc) is 2.85. The van der Waals surface area contributed by atoms with Crippen LogP contribution in [-0.2, 0) is 38.4 Å². The van der Waals surface area contributed by atoms with Crippen LogP contribution in [0.1, 0.15) is 29.5 Å². The number of carbonyl (C=O) groups excluding carboxylic acids is 1. The number of nitrogens with one attached hydrogen (secondary N) is 1. The van der Waals surface area contributed by atoms with Crippen molar-refractivity contribution in [3.8, 4) is 0 Å². The van der Waals surface area contributed by atoms with Gasteiger partial charge in [0.15, 0.2) is 0 Å². The Kier molecular flexibility index (Phi) is 8.60. The quantitative estimate of drug-likeness (QED) is 0.596. The van der Waals surface area contributed by atoms with Gasteiger partial charge in [0.05, 0.1) is 24.9 Å². The molecule has 2 saturated heterocycles. The number of hydrogen-bond donors (Lipinski definition) is 1. The number of piperidine rings is 1. The first-order valence-electron chi connectivity index (χ1n) is 11.8. The van der Waals surface area contributed by atoms with Crippen LogP contribution < -0.4 is 5.32 Å². The van der Waals surface area contributed by atoms with E-state index in [0.29, 0.717) is 36.5 Å². The third-order valence-corrected chi connectivity index (χ3v) is 8.48. The monoisotopic (exact) mass is 505 g/mol. The molecule has 184 valence electrons. The van der Waals surface area contributed by atoms with Crippen molar-refractivity contribution in [3.63, 3.8) is 0 Å². The standard InChI is InChI=1S/C25H32ClN3O4S/c26-24-9-7-22(8-10-24)19-34(31,32)29-11-1-2-23(18-29)25(30)27-16-20-3-5-21(6-4-20)17-28-12-14-33-15-13-28/h3-10,23H,1-2,11-19H2,(H,27,30)/t23-/m0/s1. The predicted molar refractivity (Wildman–Crippen MR) is 133 cm³/mol. The van der Waals surface area contributed by atoms with E-state index in [9.17, 15) is 13.2 Å². The second kappa shape index (κ2) is 11.6. The Hall–Kier alpha value is -1.97. The molecule has 0 radical (unpaired) electrons. The first-order valence-corrected chi connectivity index (χ1v) is 13.8. The Morgan fingerprint density at radius 2 is 1.62 bits per heavy atom. The van der Waals surface area contributed by atoms with Crippen molar-refractivity contribution in [2.24, 2.45) is 5.92 Å². The van der Waals surface area contributed by atoms with Crippen molar-refractivity contribution in [1.29, 1.82) is 0 Å². The minimum atomic E-state index is -3.50. The molecule has 7 nitrogen and oxygen atoms in total. The molecular formula is C25H32ClN3O4S. The van der Waals surface area contributed by atoms with Gasteiger partial charge in [-0.2, -0.15) is 0 Å². The number of nitrogens with zero attached hydrogens (tertiary/aromatic N) is 2. The third-order valence-electron chi connectivity index (χ3n) is 6.41. The molecule has 0 aromatic heterocycles. The van der Waals surface area contributed by atoms with Crippen molar-refractivity contribution >= 4 is 27.5 Å². The number of hydrogen-bond acceptors (Lipinski definition) is 5. The summed E-state index contributed by atoms with van der Waals surface area (Å²) in [6.07, 6.45) is 1.37. The van der Waals surface area contributed by atoms with Gasteiger partial charge >= 0.3 is 0 Å². The van der Waals surface area contributed by atoms with E-state index in [1.54, 1.807) is 24.3 Å². The highest BCUT2D eigenvalue weighted by atomic mass is 35.5. The Morgan fingerprint density at radius 1 is 0.971 bits per heavy atom. The van der Waals surface area contributed by atoms with Crippen LogP contribution in [0.2, 0.25) is 5.02 Å². The van der Waals surface area contributed by atoms with Crippen LogP contribution >= 0.6 is 11.6 Å². The first-order chi connectivity index (χ1) is 16.4. The summed E-state index contributed by atoms with van der Waals surface area (Å²) in [4.78, 5) is 15.2. The van der Waals surface area contributed by atoms with Crippen LogP contribution in [0.3, 0.4) is 0 Å². The van der Waals surface area contributed by atoms with Gasteiger partial charge < -0.3 is 10.1 Å². The van der Waals surface area contributed by atoms with Crippen LogP contribution in [-0.4, -0.2) is 62.9 Å². The fourth-order valence-corrected chi connectivity index (χ4v) is 6.14. The number of halogens is 1. The molecule has 2 fully saturated rings. The molecule has 2 aliphatic heterocycles. The molecule has 0 saturated carbocycles. The molecule has 1 N–H and O–H groups in total. The van der Waals surface area contributed by atoms with Gasteiger partial charge in [-0.3, -0.25) is 9.69 Å². The zero-order valence-electron chi connectivity index (χ0n) is 19.3. The average molecular weight is 506 g/mol. The molecule has 0 aliphatic carbocycles. The summed E-state index contributed by atoms with van der Waals surface area (Å²) in [6, 6.07) is 15.1. The van der Waals surface area contributed by atoms with Gasteiger partial charge in [0.2, 0.25) is 15.9 Å². The van der Waals surface area contributed by atoms with Gasteiger partial charge in [-0.15, -0.1) is 0 Å². The molecule has 0 bridgehead atoms. The molecular weight excluding hydrogens is 474 g/mol. The fraction of sp³-hybridized carbons (Fsp3) is 0.480. The lowest BCUT2D eigenvalue weighted by atomic mass is 9.98. The molecule has 1 amide bonds. The molecule has 0 unspecified atom stereocenters. The highest BCUT2D eigenvalue weighted by Gasteiger charge is 2.32. The number of ether oxygens (including phenoxy) is 1. The lowest BCUT2D eigenvalue weighted by molar-refractivity contribution is -0.126. The molecule has 9 heteroatoms. The van der Waals surface area contributed by atoms with E-state index in [4.69, 9.17) is 16.3 Å². The minimum absolute atomic E-state index is 0.0880. The predicted octanol–water partition coefficient (Wildman–Crippen LogP) is 3.03. The SMILES string of the molecule is O=C(NCc1ccc(CN2CCOCC2)cc1)[C@H]1CCCN(S(=O)(=O)Cc2ccc(Cl)cc2)C1. The van der Waals surface area contributed by atoms with Gasteiger partial charge in [-0.1, -0.05) is 48.0 Å². The second-order valence-corrected chi connectivity index (χ2v) is 11.4. The molecule has 2 aromatic rings. The van der Waals surface area contributed by atoms with Crippen LogP contribution in [0.5, 0.6) is 0 Å². The molecule has 2 aliphatic rings. The van der Waals surface area contributed by atoms with Crippen LogP contribution in [0.25, 0.3) is 0 Å². The Morgan fingerprint density at radius 3 is 2.32 bits per heavy atom. The number of morpholine rings is 1. The van der Waals surface area contributed by atoms with Crippen LogP contribution in [0.15, 0.2) is 48.5 Å². The fourth-order valence-electron chi connectivity index (χ4n) is 4.41. The van der Waals surface area contributed by atoms with E-state index in [1.807, 2.05) is 12.1 Å². The van der Waals surface area contributed by atoms with Gasteiger partial charge in [-0.25, -0.2) is 12.7 Å². The van der Waals surface area contributed by atoms with E-state index in [0.717, 1.165) is 38.4 Å². The van der Waals surface area contributed by atoms with Crippen LogP contribution in [0, 0.1) is 5.92 Å². The topological polar surface area (TPSA) is 79.0 Å². The molecule has 2 aromatic carbocycles. The van der Waals surface area contributed by atoms with E-state index in [1.165, 1.54) is 9.87 Å². The van der Waals surface area contributed by atoms with E-state index >= 15 is 0 Å². The largest absolute Gasteiger partial charge is 0.379 e. The summed E-state index contributed by atoms with van der Waals surface area (Å²) in [6.45, 7) is 5.47. The number of sulfonamides is 1. The third kappa shape index (κ3) is 7.02. The van der Waals surface area contributed by atoms with E-state index in [-0.39, 0.29) is 24.1 Å². The van der Waals surface area contributed by atoms with Crippen molar-refractivity contribution in [2.45, 2.75) is 31.7 Å². The lowest BCUT2D eigenvalue weighted by Gasteiger charge is -2.31. The molecule has 34 heavy (non-hydrogen) atoms. The summed E-state index contributed by atoms with van der Waals surface area (Å²) in [7, 11) is -3.50. The van der Waals surface area contributed by atoms with Gasteiger partial charge in [0, 0.05) is 44.3 Å². The Bertz CT molecular complexity index is 1050. The summed E-state index contributed by atoms with van der Waals surface area (Å²) in [5.74, 6) is -0.520.